The number of rotatable bonds is 4. The molecule has 3 aromatic heterocycles. The number of H-pyrrole nitrogens is 2. The third kappa shape index (κ3) is 7.27. The molecule has 0 fully saturated rings. The summed E-state index contributed by atoms with van der Waals surface area (Å²) in [4.78, 5) is 25.7. The Kier molecular flexibility index (Phi) is 9.08. The molecule has 0 amide bonds. The molecule has 0 aliphatic heterocycles. The van der Waals surface area contributed by atoms with Crippen LogP contribution in [-0.2, 0) is 12.8 Å². The van der Waals surface area contributed by atoms with Crippen molar-refractivity contribution >= 4 is 22.1 Å². The minimum atomic E-state index is 0.184. The summed E-state index contributed by atoms with van der Waals surface area (Å²) < 4.78 is 0. The van der Waals surface area contributed by atoms with Crippen LogP contribution in [0.15, 0.2) is 48.8 Å². The van der Waals surface area contributed by atoms with Crippen LogP contribution in [0.4, 0.5) is 0 Å². The van der Waals surface area contributed by atoms with Crippen LogP contribution in [0.5, 0.6) is 0 Å². The second-order valence-electron chi connectivity index (χ2n) is 11.6. The van der Waals surface area contributed by atoms with Crippen LogP contribution in [0.3, 0.4) is 0 Å². The molecule has 0 bridgehead atoms. The Morgan fingerprint density at radius 1 is 0.579 bits per heavy atom. The molecule has 0 aliphatic carbocycles. The summed E-state index contributed by atoms with van der Waals surface area (Å²) in [6, 6.07) is 12.4. The van der Waals surface area contributed by atoms with Crippen LogP contribution >= 0.6 is 0 Å². The zero-order valence-electron chi connectivity index (χ0n) is 24.8. The van der Waals surface area contributed by atoms with Gasteiger partial charge in [0.25, 0.3) is 0 Å². The van der Waals surface area contributed by atoms with E-state index >= 15 is 0 Å². The number of benzene rings is 2. The molecule has 0 atom stereocenters. The second-order valence-corrected chi connectivity index (χ2v) is 11.6. The molecule has 0 radical (unpaired) electrons. The molecule has 0 spiro atoms. The van der Waals surface area contributed by atoms with Crippen molar-refractivity contribution in [3.8, 4) is 22.5 Å². The van der Waals surface area contributed by atoms with E-state index < -0.39 is 0 Å². The van der Waals surface area contributed by atoms with Gasteiger partial charge in [0, 0.05) is 36.4 Å². The van der Waals surface area contributed by atoms with Gasteiger partial charge in [0.1, 0.15) is 11.6 Å². The lowest BCUT2D eigenvalue weighted by Gasteiger charge is -2.15. The smallest absolute Gasteiger partial charge is 0.159 e. The van der Waals surface area contributed by atoms with Crippen molar-refractivity contribution < 1.29 is 0 Å². The highest BCUT2D eigenvalue weighted by Gasteiger charge is 2.16. The summed E-state index contributed by atoms with van der Waals surface area (Å²) >= 11 is 0. The highest BCUT2D eigenvalue weighted by molar-refractivity contribution is 5.82. The lowest BCUT2D eigenvalue weighted by atomic mass is 9.92. The molecular weight excluding hydrogens is 468 g/mol. The van der Waals surface area contributed by atoms with Gasteiger partial charge in [-0.1, -0.05) is 75.3 Å². The Labute approximate surface area is 227 Å². The molecule has 5 rings (SSSR count). The Morgan fingerprint density at radius 3 is 1.45 bits per heavy atom. The van der Waals surface area contributed by atoms with Crippen molar-refractivity contribution in [2.24, 2.45) is 10.8 Å². The van der Waals surface area contributed by atoms with Gasteiger partial charge in [-0.2, -0.15) is 0 Å². The van der Waals surface area contributed by atoms with Crippen LogP contribution in [0, 0.1) is 10.8 Å². The Hall–Kier alpha value is -3.54. The minimum absolute atomic E-state index is 0.184. The van der Waals surface area contributed by atoms with Crippen molar-refractivity contribution in [3.63, 3.8) is 0 Å². The molecule has 202 valence electrons. The molecule has 2 aromatic carbocycles. The first-order valence-electron chi connectivity index (χ1n) is 13.8. The fourth-order valence-electron chi connectivity index (χ4n) is 4.24. The molecule has 6 heteroatoms. The van der Waals surface area contributed by atoms with E-state index in [1.807, 2.05) is 52.2 Å². The average molecular weight is 513 g/mol. The number of hydrogen-bond donors (Lipinski definition) is 2. The average Bonchev–Trinajstić information content (AvgIpc) is 3.45. The molecule has 0 unspecified atom stereocenters. The van der Waals surface area contributed by atoms with Gasteiger partial charge in [0.15, 0.2) is 5.82 Å². The number of hydrogen-bond acceptors (Lipinski definition) is 4. The summed E-state index contributed by atoms with van der Waals surface area (Å²) in [6.45, 7) is 21.3. The van der Waals surface area contributed by atoms with Gasteiger partial charge in [-0.25, -0.2) is 19.9 Å². The number of imidazole rings is 2. The Balaban J connectivity index is 0.000000956. The summed E-state index contributed by atoms with van der Waals surface area (Å²) in [5.74, 6) is 2.73. The first-order chi connectivity index (χ1) is 18.0. The van der Waals surface area contributed by atoms with Crippen LogP contribution < -0.4 is 0 Å². The first-order valence-corrected chi connectivity index (χ1v) is 13.8. The predicted octanol–water partition coefficient (Wildman–Crippen LogP) is 8.79. The summed E-state index contributed by atoms with van der Waals surface area (Å²) in [7, 11) is 0. The third-order valence-electron chi connectivity index (χ3n) is 5.70. The van der Waals surface area contributed by atoms with Crippen LogP contribution in [0.2, 0.25) is 0 Å². The molecule has 2 N–H and O–H groups in total. The summed E-state index contributed by atoms with van der Waals surface area (Å²) in [5, 5.41) is 0. The lowest BCUT2D eigenvalue weighted by molar-refractivity contribution is 0.402. The molecule has 0 saturated heterocycles. The normalized spacial score (nSPS) is 11.6. The van der Waals surface area contributed by atoms with Crippen LogP contribution in [-0.4, -0.2) is 29.9 Å². The predicted molar refractivity (Wildman–Crippen MR) is 161 cm³/mol. The van der Waals surface area contributed by atoms with E-state index in [0.29, 0.717) is 5.82 Å². The second kappa shape index (κ2) is 11.9. The van der Waals surface area contributed by atoms with E-state index in [1.165, 1.54) is 0 Å². The maximum atomic E-state index is 4.74. The standard InChI is InChI=1S/C28H32N6.2C2H6/c1-27(2,3)13-24-31-20-9-7-17(11-22(20)33-24)19-15-29-26(30-16-19)18-8-10-21-23(12-18)34-25(32-21)14-28(4,5)6;2*1-2/h7-12,15-16H,13-14H2,1-6H3,(H,31,33)(H,32,34);2*1-2H3. The fraction of sp³-hybridized carbons (Fsp3) is 0.438. The minimum Gasteiger partial charge on any atom is -0.342 e. The van der Waals surface area contributed by atoms with Crippen molar-refractivity contribution in [3.05, 3.63) is 60.4 Å². The number of aromatic amines is 2. The number of nitrogens with one attached hydrogen (secondary N) is 2. The van der Waals surface area contributed by atoms with Crippen molar-refractivity contribution in [2.45, 2.75) is 82.1 Å². The molecule has 5 aromatic rings. The van der Waals surface area contributed by atoms with Gasteiger partial charge in [0.05, 0.1) is 22.1 Å². The monoisotopic (exact) mass is 512 g/mol. The summed E-state index contributed by atoms with van der Waals surface area (Å²) in [5.41, 5.74) is 7.40. The van der Waals surface area contributed by atoms with Gasteiger partial charge < -0.3 is 9.97 Å². The maximum absolute atomic E-state index is 4.74. The van der Waals surface area contributed by atoms with Crippen molar-refractivity contribution in [1.29, 1.82) is 0 Å². The van der Waals surface area contributed by atoms with Crippen LogP contribution in [0.1, 0.15) is 80.9 Å². The van der Waals surface area contributed by atoms with E-state index in [0.717, 1.165) is 63.2 Å². The fourth-order valence-corrected chi connectivity index (χ4v) is 4.24. The highest BCUT2D eigenvalue weighted by atomic mass is 14.9. The quantitative estimate of drug-likeness (QED) is 0.252. The van der Waals surface area contributed by atoms with Crippen molar-refractivity contribution in [2.75, 3.05) is 0 Å². The van der Waals surface area contributed by atoms with E-state index in [4.69, 9.17) is 9.97 Å². The highest BCUT2D eigenvalue weighted by Crippen LogP contribution is 2.27. The zero-order valence-corrected chi connectivity index (χ0v) is 24.8. The van der Waals surface area contributed by atoms with Gasteiger partial charge in [-0.15, -0.1) is 0 Å². The maximum Gasteiger partial charge on any atom is 0.159 e. The van der Waals surface area contributed by atoms with Gasteiger partial charge in [-0.3, -0.25) is 0 Å². The Bertz CT molecular complexity index is 1350. The molecule has 6 nitrogen and oxygen atoms in total. The molecule has 0 aliphatic rings. The van der Waals surface area contributed by atoms with Crippen molar-refractivity contribution in [1.82, 2.24) is 29.9 Å². The van der Waals surface area contributed by atoms with Gasteiger partial charge >= 0.3 is 0 Å². The van der Waals surface area contributed by atoms with Gasteiger partial charge in [0.2, 0.25) is 0 Å². The summed E-state index contributed by atoms with van der Waals surface area (Å²) in [6.07, 6.45) is 5.59. The van der Waals surface area contributed by atoms with E-state index in [1.54, 1.807) is 0 Å². The zero-order chi connectivity index (χ0) is 28.1. The first kappa shape index (κ1) is 29.0. The molecule has 3 heterocycles. The SMILES string of the molecule is CC.CC.CC(C)(C)Cc1nc2ccc(-c3cnc(-c4ccc5nc(CC(C)(C)C)[nH]c5c4)nc3)cc2[nH]1. The largest absolute Gasteiger partial charge is 0.342 e. The number of nitrogens with zero attached hydrogens (tertiary/aromatic N) is 4. The van der Waals surface area contributed by atoms with E-state index in [-0.39, 0.29) is 10.8 Å². The van der Waals surface area contributed by atoms with E-state index in [9.17, 15) is 0 Å². The van der Waals surface area contributed by atoms with E-state index in [2.05, 4.69) is 85.7 Å². The molecular formula is C32H44N6. The lowest BCUT2D eigenvalue weighted by Crippen LogP contribution is -2.10. The number of aromatic nitrogens is 6. The molecule has 0 saturated carbocycles. The third-order valence-corrected chi connectivity index (χ3v) is 5.70. The molecule has 38 heavy (non-hydrogen) atoms. The number of fused-ring (bicyclic) bond motifs is 2. The van der Waals surface area contributed by atoms with Crippen LogP contribution in [0.25, 0.3) is 44.6 Å². The topological polar surface area (TPSA) is 83.1 Å². The Morgan fingerprint density at radius 2 is 1.00 bits per heavy atom. The van der Waals surface area contributed by atoms with Gasteiger partial charge in [-0.05, 0) is 46.7 Å².